The maximum absolute atomic E-state index is 6.46. The molecule has 4 rings (SSSR count). The zero-order chi connectivity index (χ0) is 17.2. The molecule has 25 heavy (non-hydrogen) atoms. The SMILES string of the molecule is CCCCc1ccc(C2NCc3c(Cl)cccc3-n3cccc32)cc1. The van der Waals surface area contributed by atoms with Gasteiger partial charge in [-0.15, -0.1) is 0 Å². The number of halogens is 1. The maximum Gasteiger partial charge on any atom is 0.0737 e. The highest BCUT2D eigenvalue weighted by molar-refractivity contribution is 6.31. The van der Waals surface area contributed by atoms with E-state index in [-0.39, 0.29) is 6.04 Å². The van der Waals surface area contributed by atoms with Crippen LogP contribution in [0, 0.1) is 0 Å². The molecule has 2 nitrogen and oxygen atoms in total. The molecule has 0 amide bonds. The fourth-order valence-electron chi connectivity index (χ4n) is 3.65. The van der Waals surface area contributed by atoms with Gasteiger partial charge >= 0.3 is 0 Å². The van der Waals surface area contributed by atoms with E-state index in [0.29, 0.717) is 0 Å². The summed E-state index contributed by atoms with van der Waals surface area (Å²) >= 11 is 6.46. The van der Waals surface area contributed by atoms with Crippen LogP contribution in [-0.4, -0.2) is 4.57 Å². The Kier molecular flexibility index (Phi) is 4.65. The summed E-state index contributed by atoms with van der Waals surface area (Å²) in [4.78, 5) is 0. The number of aromatic nitrogens is 1. The number of nitrogens with one attached hydrogen (secondary N) is 1. The number of hydrogen-bond donors (Lipinski definition) is 1. The van der Waals surface area contributed by atoms with E-state index in [9.17, 15) is 0 Å². The molecule has 3 aromatic rings. The Morgan fingerprint density at radius 2 is 1.92 bits per heavy atom. The van der Waals surface area contributed by atoms with Gasteiger partial charge in [-0.1, -0.05) is 55.3 Å². The van der Waals surface area contributed by atoms with Crippen molar-refractivity contribution in [3.63, 3.8) is 0 Å². The number of benzene rings is 2. The number of unbranched alkanes of at least 4 members (excludes halogenated alkanes) is 1. The highest BCUT2D eigenvalue weighted by Crippen LogP contribution is 2.33. The van der Waals surface area contributed by atoms with Crippen molar-refractivity contribution in [1.29, 1.82) is 0 Å². The van der Waals surface area contributed by atoms with Crippen molar-refractivity contribution in [3.05, 3.63) is 88.2 Å². The first kappa shape index (κ1) is 16.4. The van der Waals surface area contributed by atoms with Gasteiger partial charge in [-0.25, -0.2) is 0 Å². The number of aryl methyl sites for hydroxylation is 1. The van der Waals surface area contributed by atoms with E-state index in [4.69, 9.17) is 11.6 Å². The Morgan fingerprint density at radius 3 is 2.72 bits per heavy atom. The molecule has 0 radical (unpaired) electrons. The van der Waals surface area contributed by atoms with Gasteiger partial charge in [0.1, 0.15) is 0 Å². The Hall–Kier alpha value is -2.03. The minimum atomic E-state index is 0.165. The Bertz CT molecular complexity index is 864. The highest BCUT2D eigenvalue weighted by atomic mass is 35.5. The lowest BCUT2D eigenvalue weighted by molar-refractivity contribution is 0.601. The summed E-state index contributed by atoms with van der Waals surface area (Å²) in [7, 11) is 0. The van der Waals surface area contributed by atoms with Gasteiger partial charge in [-0.3, -0.25) is 0 Å². The van der Waals surface area contributed by atoms with Crippen LogP contribution in [0.1, 0.15) is 48.2 Å². The molecular weight excluding hydrogens is 328 g/mol. The Balaban J connectivity index is 1.70. The molecular formula is C22H23ClN2. The average Bonchev–Trinajstić information content (AvgIpc) is 3.05. The molecule has 1 aromatic heterocycles. The molecule has 1 N–H and O–H groups in total. The summed E-state index contributed by atoms with van der Waals surface area (Å²) in [6.45, 7) is 3.00. The molecule has 0 saturated heterocycles. The second-order valence-electron chi connectivity index (χ2n) is 6.70. The highest BCUT2D eigenvalue weighted by Gasteiger charge is 2.23. The molecule has 1 atom stereocenters. The smallest absolute Gasteiger partial charge is 0.0737 e. The first-order valence-electron chi connectivity index (χ1n) is 9.05. The van der Waals surface area contributed by atoms with Crippen molar-refractivity contribution in [2.45, 2.75) is 38.8 Å². The van der Waals surface area contributed by atoms with Crippen LogP contribution in [-0.2, 0) is 13.0 Å². The summed E-state index contributed by atoms with van der Waals surface area (Å²) in [5.41, 5.74) is 6.29. The fourth-order valence-corrected chi connectivity index (χ4v) is 3.89. The van der Waals surface area contributed by atoms with Crippen LogP contribution in [0.5, 0.6) is 0 Å². The van der Waals surface area contributed by atoms with Crippen molar-refractivity contribution >= 4 is 11.6 Å². The average molecular weight is 351 g/mol. The van der Waals surface area contributed by atoms with E-state index in [1.165, 1.54) is 35.3 Å². The van der Waals surface area contributed by atoms with Gasteiger partial charge in [-0.2, -0.15) is 0 Å². The molecule has 128 valence electrons. The van der Waals surface area contributed by atoms with Crippen LogP contribution in [0.3, 0.4) is 0 Å². The lowest BCUT2D eigenvalue weighted by Gasteiger charge is -2.18. The maximum atomic E-state index is 6.46. The molecule has 0 bridgehead atoms. The largest absolute Gasteiger partial charge is 0.319 e. The van der Waals surface area contributed by atoms with E-state index in [2.05, 4.69) is 65.5 Å². The van der Waals surface area contributed by atoms with Gasteiger partial charge in [0.2, 0.25) is 0 Å². The predicted molar refractivity (Wildman–Crippen MR) is 105 cm³/mol. The number of rotatable bonds is 4. The van der Waals surface area contributed by atoms with E-state index in [0.717, 1.165) is 23.6 Å². The Labute approximate surface area is 154 Å². The van der Waals surface area contributed by atoms with E-state index < -0.39 is 0 Å². The monoisotopic (exact) mass is 350 g/mol. The first-order chi connectivity index (χ1) is 12.3. The fraction of sp³-hybridized carbons (Fsp3) is 0.273. The summed E-state index contributed by atoms with van der Waals surface area (Å²) in [5.74, 6) is 0. The van der Waals surface area contributed by atoms with Crippen LogP contribution in [0.25, 0.3) is 5.69 Å². The quantitative estimate of drug-likeness (QED) is 0.641. The molecule has 3 heteroatoms. The molecule has 2 heterocycles. The molecule has 2 aromatic carbocycles. The van der Waals surface area contributed by atoms with Crippen LogP contribution in [0.2, 0.25) is 5.02 Å². The summed E-state index contributed by atoms with van der Waals surface area (Å²) in [6.07, 6.45) is 5.77. The van der Waals surface area contributed by atoms with Gasteiger partial charge in [-0.05, 0) is 48.2 Å². The van der Waals surface area contributed by atoms with E-state index in [1.807, 2.05) is 12.1 Å². The van der Waals surface area contributed by atoms with Crippen molar-refractivity contribution in [2.75, 3.05) is 0 Å². The van der Waals surface area contributed by atoms with Crippen LogP contribution >= 0.6 is 11.6 Å². The predicted octanol–water partition coefficient (Wildman–Crippen LogP) is 5.67. The van der Waals surface area contributed by atoms with Crippen LogP contribution < -0.4 is 5.32 Å². The van der Waals surface area contributed by atoms with Crippen LogP contribution in [0.4, 0.5) is 0 Å². The lowest BCUT2D eigenvalue weighted by atomic mass is 10.00. The minimum absolute atomic E-state index is 0.165. The van der Waals surface area contributed by atoms with Gasteiger partial charge < -0.3 is 9.88 Å². The molecule has 0 aliphatic carbocycles. The van der Waals surface area contributed by atoms with Gasteiger partial charge in [0.05, 0.1) is 11.7 Å². The summed E-state index contributed by atoms with van der Waals surface area (Å²) < 4.78 is 2.26. The second-order valence-corrected chi connectivity index (χ2v) is 7.11. The molecule has 0 spiro atoms. The standard InChI is InChI=1S/C22H23ClN2/c1-2-3-6-16-10-12-17(13-11-16)22-21-9-5-14-25(21)20-8-4-7-19(23)18(20)15-24-22/h4-5,7-14,22,24H,2-3,6,15H2,1H3. The molecule has 1 aliphatic heterocycles. The van der Waals surface area contributed by atoms with Gasteiger partial charge in [0, 0.05) is 29.0 Å². The number of nitrogens with zero attached hydrogens (tertiary/aromatic N) is 1. The third-order valence-electron chi connectivity index (χ3n) is 5.04. The zero-order valence-electron chi connectivity index (χ0n) is 14.5. The minimum Gasteiger partial charge on any atom is -0.319 e. The summed E-state index contributed by atoms with van der Waals surface area (Å²) in [5, 5.41) is 4.51. The third-order valence-corrected chi connectivity index (χ3v) is 5.40. The second kappa shape index (κ2) is 7.07. The first-order valence-corrected chi connectivity index (χ1v) is 9.43. The van der Waals surface area contributed by atoms with Crippen molar-refractivity contribution in [2.24, 2.45) is 0 Å². The topological polar surface area (TPSA) is 17.0 Å². The third kappa shape index (κ3) is 3.12. The van der Waals surface area contributed by atoms with Crippen molar-refractivity contribution in [3.8, 4) is 5.69 Å². The molecule has 0 fully saturated rings. The Morgan fingerprint density at radius 1 is 1.08 bits per heavy atom. The number of fused-ring (bicyclic) bond motifs is 3. The van der Waals surface area contributed by atoms with E-state index in [1.54, 1.807) is 0 Å². The van der Waals surface area contributed by atoms with Gasteiger partial charge in [0.15, 0.2) is 0 Å². The lowest BCUT2D eigenvalue weighted by Crippen LogP contribution is -2.21. The number of hydrogen-bond acceptors (Lipinski definition) is 1. The van der Waals surface area contributed by atoms with Gasteiger partial charge in [0.25, 0.3) is 0 Å². The molecule has 1 unspecified atom stereocenters. The van der Waals surface area contributed by atoms with Crippen molar-refractivity contribution in [1.82, 2.24) is 9.88 Å². The van der Waals surface area contributed by atoms with Crippen LogP contribution in [0.15, 0.2) is 60.8 Å². The van der Waals surface area contributed by atoms with E-state index >= 15 is 0 Å². The van der Waals surface area contributed by atoms with Crippen molar-refractivity contribution < 1.29 is 0 Å². The normalized spacial score (nSPS) is 16.2. The zero-order valence-corrected chi connectivity index (χ0v) is 15.3. The molecule has 0 saturated carbocycles. The summed E-state index contributed by atoms with van der Waals surface area (Å²) in [6, 6.07) is 19.7. The molecule has 1 aliphatic rings.